The van der Waals surface area contributed by atoms with Gasteiger partial charge in [-0.2, -0.15) is 4.68 Å². The van der Waals surface area contributed by atoms with Crippen molar-refractivity contribution in [3.63, 3.8) is 0 Å². The molecule has 1 N–H and O–H groups in total. The molecule has 0 aliphatic carbocycles. The Bertz CT molecular complexity index is 2130. The van der Waals surface area contributed by atoms with Crippen molar-refractivity contribution in [2.75, 3.05) is 38.7 Å². The summed E-state index contributed by atoms with van der Waals surface area (Å²) in [4.78, 5) is 32.8. The van der Waals surface area contributed by atoms with E-state index in [1.54, 1.807) is 18.2 Å². The molecule has 12 nitrogen and oxygen atoms in total. The van der Waals surface area contributed by atoms with Crippen molar-refractivity contribution >= 4 is 22.5 Å². The highest BCUT2D eigenvalue weighted by Crippen LogP contribution is 2.38. The van der Waals surface area contributed by atoms with E-state index in [0.29, 0.717) is 39.4 Å². The summed E-state index contributed by atoms with van der Waals surface area (Å²) < 4.78 is 77.2. The van der Waals surface area contributed by atoms with Crippen LogP contribution in [0.4, 0.5) is 23.2 Å². The van der Waals surface area contributed by atoms with Crippen LogP contribution in [0.15, 0.2) is 71.7 Å². The van der Waals surface area contributed by atoms with Crippen LogP contribution in [0.25, 0.3) is 16.6 Å². The molecule has 16 heteroatoms. The quantitative estimate of drug-likeness (QED) is 0.111. The van der Waals surface area contributed by atoms with Crippen LogP contribution in [-0.4, -0.2) is 69.9 Å². The number of anilines is 1. The van der Waals surface area contributed by atoms with Crippen LogP contribution in [-0.2, 0) is 7.05 Å². The predicted molar refractivity (Wildman–Crippen MR) is 183 cm³/mol. The van der Waals surface area contributed by atoms with Gasteiger partial charge in [-0.3, -0.25) is 14.3 Å². The van der Waals surface area contributed by atoms with Gasteiger partial charge >= 0.3 is 12.1 Å². The van der Waals surface area contributed by atoms with Gasteiger partial charge in [-0.15, -0.1) is 18.3 Å². The lowest BCUT2D eigenvalue weighted by Gasteiger charge is -2.30. The van der Waals surface area contributed by atoms with Gasteiger partial charge in [0.25, 0.3) is 5.91 Å². The van der Waals surface area contributed by atoms with E-state index in [0.717, 1.165) is 48.7 Å². The lowest BCUT2D eigenvalue weighted by atomic mass is 9.99. The SMILES string of the molecule is COc1cc2c(Oc3ccc(NC(=O)c4nn(-c5ccccc5OC(F)(F)F)c(=O)n4C)cc3F)ccnc2cc1OCCCN1CCC(C)CC1. The average molecular weight is 725 g/mol. The topological polar surface area (TPSA) is 122 Å². The van der Waals surface area contributed by atoms with E-state index < -0.39 is 35.4 Å². The first-order chi connectivity index (χ1) is 24.9. The van der Waals surface area contributed by atoms with E-state index in [4.69, 9.17) is 14.2 Å². The molecule has 6 rings (SSSR count). The summed E-state index contributed by atoms with van der Waals surface area (Å²) >= 11 is 0. The van der Waals surface area contributed by atoms with Crippen molar-refractivity contribution < 1.29 is 41.3 Å². The van der Waals surface area contributed by atoms with Gasteiger partial charge in [0.15, 0.2) is 28.8 Å². The van der Waals surface area contributed by atoms with Gasteiger partial charge < -0.3 is 29.2 Å². The molecule has 1 aliphatic rings. The van der Waals surface area contributed by atoms with Gasteiger partial charge in [-0.05, 0) is 74.7 Å². The number of methoxy groups -OCH3 is 1. The summed E-state index contributed by atoms with van der Waals surface area (Å²) in [7, 11) is 2.74. The molecular weight excluding hydrogens is 688 g/mol. The summed E-state index contributed by atoms with van der Waals surface area (Å²) in [5.74, 6) is -0.997. The molecule has 52 heavy (non-hydrogen) atoms. The largest absolute Gasteiger partial charge is 0.573 e. The minimum atomic E-state index is -5.03. The fourth-order valence-corrected chi connectivity index (χ4v) is 5.85. The highest BCUT2D eigenvalue weighted by Gasteiger charge is 2.33. The summed E-state index contributed by atoms with van der Waals surface area (Å²) in [6, 6.07) is 13.6. The fraction of sp³-hybridized carbons (Fsp3) is 0.333. The number of likely N-dealkylation sites (tertiary alicyclic amines) is 1. The standard InChI is InChI=1S/C36H36F4N6O6/c1-22-12-16-45(17-13-22)15-6-18-50-32-21-26-24(20-31(32)49-3)28(11-14-41-26)51-29-10-9-23(19-25(29)37)42-34(47)33-43-46(35(48)44(33)2)27-7-4-5-8-30(27)52-36(38,39)40/h4-5,7-11,14,19-22H,6,12-13,15-18H2,1-3H3,(H,42,47). The number of fused-ring (bicyclic) bond motifs is 1. The molecule has 1 amide bonds. The lowest BCUT2D eigenvalue weighted by Crippen LogP contribution is -2.34. The first-order valence-corrected chi connectivity index (χ1v) is 16.5. The first-order valence-electron chi connectivity index (χ1n) is 16.5. The number of carbonyl (C=O) groups excluding carboxylic acids is 1. The third-order valence-corrected chi connectivity index (χ3v) is 8.65. The minimum Gasteiger partial charge on any atom is -0.493 e. The third kappa shape index (κ3) is 8.28. The maximum Gasteiger partial charge on any atom is 0.573 e. The van der Waals surface area contributed by atoms with Crippen molar-refractivity contribution in [1.29, 1.82) is 0 Å². The van der Waals surface area contributed by atoms with Crippen LogP contribution in [0.1, 0.15) is 36.8 Å². The number of alkyl halides is 3. The Kier molecular flexibility index (Phi) is 10.6. The molecule has 5 aromatic rings. The number of nitrogens with one attached hydrogen (secondary N) is 1. The summed E-state index contributed by atoms with van der Waals surface area (Å²) in [5.41, 5.74) is -0.716. The summed E-state index contributed by atoms with van der Waals surface area (Å²) in [5, 5.41) is 6.91. The van der Waals surface area contributed by atoms with E-state index in [-0.39, 0.29) is 17.1 Å². The monoisotopic (exact) mass is 724 g/mol. The van der Waals surface area contributed by atoms with Crippen molar-refractivity contribution in [3.05, 3.63) is 89.0 Å². The minimum absolute atomic E-state index is 0.00412. The van der Waals surface area contributed by atoms with Gasteiger partial charge in [0.2, 0.25) is 5.82 Å². The highest BCUT2D eigenvalue weighted by molar-refractivity contribution is 6.01. The number of benzene rings is 3. The molecule has 2 aromatic heterocycles. The van der Waals surface area contributed by atoms with E-state index in [2.05, 4.69) is 32.0 Å². The summed E-state index contributed by atoms with van der Waals surface area (Å²) in [6.07, 6.45) is -0.224. The number of rotatable bonds is 12. The lowest BCUT2D eigenvalue weighted by molar-refractivity contribution is -0.274. The third-order valence-electron chi connectivity index (χ3n) is 8.65. The van der Waals surface area contributed by atoms with Crippen LogP contribution >= 0.6 is 0 Å². The predicted octanol–water partition coefficient (Wildman–Crippen LogP) is 6.71. The first kappa shape index (κ1) is 36.2. The van der Waals surface area contributed by atoms with Gasteiger partial charge in [-0.1, -0.05) is 19.1 Å². The molecule has 0 radical (unpaired) electrons. The van der Waals surface area contributed by atoms with E-state index in [9.17, 15) is 22.8 Å². The van der Waals surface area contributed by atoms with Crippen LogP contribution in [0.3, 0.4) is 0 Å². The molecule has 0 saturated carbocycles. The molecule has 3 heterocycles. The second-order valence-electron chi connectivity index (χ2n) is 12.3. The van der Waals surface area contributed by atoms with E-state index in [1.807, 2.05) is 0 Å². The normalized spacial score (nSPS) is 14.0. The highest BCUT2D eigenvalue weighted by atomic mass is 19.4. The van der Waals surface area contributed by atoms with Gasteiger partial charge in [-0.25, -0.2) is 9.18 Å². The molecule has 0 atom stereocenters. The zero-order chi connectivity index (χ0) is 37.0. The molecule has 274 valence electrons. The Hall–Kier alpha value is -5.64. The average Bonchev–Trinajstić information content (AvgIpc) is 3.41. The zero-order valence-corrected chi connectivity index (χ0v) is 28.6. The van der Waals surface area contributed by atoms with E-state index in [1.165, 1.54) is 63.5 Å². The number of para-hydroxylation sites is 2. The Morgan fingerprint density at radius 2 is 1.75 bits per heavy atom. The second-order valence-corrected chi connectivity index (χ2v) is 12.3. The van der Waals surface area contributed by atoms with Gasteiger partial charge in [0.1, 0.15) is 11.4 Å². The zero-order valence-electron chi connectivity index (χ0n) is 28.6. The second kappa shape index (κ2) is 15.3. The van der Waals surface area contributed by atoms with Crippen molar-refractivity contribution in [2.45, 2.75) is 32.5 Å². The van der Waals surface area contributed by atoms with Gasteiger partial charge in [0.05, 0.1) is 19.2 Å². The van der Waals surface area contributed by atoms with Gasteiger partial charge in [0, 0.05) is 43.0 Å². The number of piperidine rings is 1. The Balaban J connectivity index is 1.14. The van der Waals surface area contributed by atoms with Crippen molar-refractivity contribution in [3.8, 4) is 34.4 Å². The molecule has 0 spiro atoms. The van der Waals surface area contributed by atoms with Crippen molar-refractivity contribution in [1.82, 2.24) is 24.2 Å². The smallest absolute Gasteiger partial charge is 0.493 e. The molecule has 3 aromatic carbocycles. The molecule has 1 aliphatic heterocycles. The molecular formula is C36H36F4N6O6. The molecule has 0 bridgehead atoms. The number of carbonyl (C=O) groups is 1. The van der Waals surface area contributed by atoms with Crippen LogP contribution in [0.2, 0.25) is 0 Å². The maximum atomic E-state index is 15.4. The van der Waals surface area contributed by atoms with E-state index >= 15 is 4.39 Å². The Morgan fingerprint density at radius 1 is 0.981 bits per heavy atom. The van der Waals surface area contributed by atoms with Crippen molar-refractivity contribution in [2.24, 2.45) is 13.0 Å². The molecule has 1 saturated heterocycles. The molecule has 1 fully saturated rings. The number of hydrogen-bond acceptors (Lipinski definition) is 9. The number of nitrogens with zero attached hydrogens (tertiary/aromatic N) is 5. The number of aromatic nitrogens is 4. The fourth-order valence-electron chi connectivity index (χ4n) is 5.85. The maximum absolute atomic E-state index is 15.4. The summed E-state index contributed by atoms with van der Waals surface area (Å²) in [6.45, 7) is 5.95. The van der Waals surface area contributed by atoms with Crippen LogP contribution < -0.4 is 30.0 Å². The number of hydrogen-bond donors (Lipinski definition) is 1. The van der Waals surface area contributed by atoms with Crippen LogP contribution in [0, 0.1) is 11.7 Å². The molecule has 0 unspecified atom stereocenters. The number of pyridine rings is 1. The Morgan fingerprint density at radius 3 is 2.48 bits per heavy atom. The van der Waals surface area contributed by atoms with Crippen LogP contribution in [0.5, 0.6) is 28.7 Å². The number of amides is 1. The number of halogens is 4. The Labute approximate surface area is 295 Å². The number of ether oxygens (including phenoxy) is 4.